The number of esters is 1. The van der Waals surface area contributed by atoms with Crippen molar-refractivity contribution in [2.24, 2.45) is 5.92 Å². The number of hydrogen-bond donors (Lipinski definition) is 0. The minimum atomic E-state index is -4.65. The molecule has 1 aliphatic heterocycles. The Bertz CT molecular complexity index is 1160. The summed E-state index contributed by atoms with van der Waals surface area (Å²) in [6.07, 6.45) is -4.98. The van der Waals surface area contributed by atoms with Crippen LogP contribution in [-0.2, 0) is 27.0 Å². The SMILES string of the molecule is CC1=C(C(=O)OCC(C)C)C(c2ccccc2C(F)(F)F)CC(=O)N1Cc1ccccc1C#N. The Balaban J connectivity index is 2.12. The van der Waals surface area contributed by atoms with Gasteiger partial charge in [0.1, 0.15) is 0 Å². The lowest BCUT2D eigenvalue weighted by atomic mass is 9.81. The highest BCUT2D eigenvalue weighted by Gasteiger charge is 2.42. The number of nitrogens with zero attached hydrogens (tertiary/aromatic N) is 2. The van der Waals surface area contributed by atoms with Gasteiger partial charge in [-0.3, -0.25) is 4.79 Å². The van der Waals surface area contributed by atoms with E-state index in [1.807, 2.05) is 13.8 Å². The molecule has 0 saturated carbocycles. The van der Waals surface area contributed by atoms with Gasteiger partial charge in [0.25, 0.3) is 0 Å². The van der Waals surface area contributed by atoms with E-state index in [1.165, 1.54) is 30.0 Å². The zero-order chi connectivity index (χ0) is 25.0. The molecule has 0 radical (unpaired) electrons. The topological polar surface area (TPSA) is 70.4 Å². The molecule has 1 aliphatic rings. The van der Waals surface area contributed by atoms with E-state index >= 15 is 0 Å². The molecule has 0 N–H and O–H groups in total. The number of amides is 1. The number of hydrogen-bond acceptors (Lipinski definition) is 4. The number of ether oxygens (including phenoxy) is 1. The molecule has 5 nitrogen and oxygen atoms in total. The van der Waals surface area contributed by atoms with Gasteiger partial charge >= 0.3 is 12.1 Å². The number of rotatable bonds is 6. The fraction of sp³-hybridized carbons (Fsp3) is 0.346. The summed E-state index contributed by atoms with van der Waals surface area (Å²) < 4.78 is 46.7. The Hall–Kier alpha value is -3.60. The lowest BCUT2D eigenvalue weighted by Gasteiger charge is -2.35. The first-order valence-corrected chi connectivity index (χ1v) is 10.9. The van der Waals surface area contributed by atoms with E-state index in [-0.39, 0.29) is 42.3 Å². The number of benzene rings is 2. The molecule has 0 saturated heterocycles. The van der Waals surface area contributed by atoms with Crippen LogP contribution in [0.15, 0.2) is 59.8 Å². The summed E-state index contributed by atoms with van der Waals surface area (Å²) >= 11 is 0. The predicted molar refractivity (Wildman–Crippen MR) is 119 cm³/mol. The van der Waals surface area contributed by atoms with Gasteiger partial charge in [0.2, 0.25) is 5.91 Å². The number of carbonyl (C=O) groups is 2. The molecule has 0 aliphatic carbocycles. The Kier molecular flexibility index (Phi) is 7.45. The summed E-state index contributed by atoms with van der Waals surface area (Å²) in [7, 11) is 0. The third-order valence-corrected chi connectivity index (χ3v) is 5.70. The van der Waals surface area contributed by atoms with E-state index in [9.17, 15) is 28.0 Å². The highest BCUT2D eigenvalue weighted by Crippen LogP contribution is 2.43. The van der Waals surface area contributed by atoms with Crippen molar-refractivity contribution >= 4 is 11.9 Å². The summed E-state index contributed by atoms with van der Waals surface area (Å²) in [5, 5.41) is 9.39. The molecule has 178 valence electrons. The van der Waals surface area contributed by atoms with Crippen LogP contribution >= 0.6 is 0 Å². The van der Waals surface area contributed by atoms with Gasteiger partial charge < -0.3 is 9.64 Å². The maximum atomic E-state index is 13.8. The molecule has 1 atom stereocenters. The third-order valence-electron chi connectivity index (χ3n) is 5.70. The van der Waals surface area contributed by atoms with Crippen LogP contribution in [0.25, 0.3) is 0 Å². The quantitative estimate of drug-likeness (QED) is 0.518. The third kappa shape index (κ3) is 5.30. The van der Waals surface area contributed by atoms with E-state index in [0.717, 1.165) is 6.07 Å². The monoisotopic (exact) mass is 470 g/mol. The van der Waals surface area contributed by atoms with Crippen molar-refractivity contribution in [2.45, 2.75) is 45.8 Å². The number of allylic oxidation sites excluding steroid dienone is 1. The fourth-order valence-corrected chi connectivity index (χ4v) is 4.05. The highest BCUT2D eigenvalue weighted by atomic mass is 19.4. The van der Waals surface area contributed by atoms with Crippen LogP contribution in [0.1, 0.15) is 55.4 Å². The first-order chi connectivity index (χ1) is 16.0. The molecular formula is C26H25F3N2O3. The zero-order valence-electron chi connectivity index (χ0n) is 19.1. The Morgan fingerprint density at radius 2 is 1.82 bits per heavy atom. The molecule has 0 fully saturated rings. The maximum Gasteiger partial charge on any atom is 0.416 e. The molecule has 1 unspecified atom stereocenters. The van der Waals surface area contributed by atoms with E-state index < -0.39 is 29.5 Å². The lowest BCUT2D eigenvalue weighted by molar-refractivity contribution is -0.143. The Morgan fingerprint density at radius 1 is 1.18 bits per heavy atom. The van der Waals surface area contributed by atoms with Gasteiger partial charge in [-0.05, 0) is 36.1 Å². The van der Waals surface area contributed by atoms with Crippen molar-refractivity contribution in [1.29, 1.82) is 5.26 Å². The second-order valence-electron chi connectivity index (χ2n) is 8.58. The number of halogens is 3. The zero-order valence-corrected chi connectivity index (χ0v) is 19.1. The van der Waals surface area contributed by atoms with Crippen molar-refractivity contribution in [3.8, 4) is 6.07 Å². The van der Waals surface area contributed by atoms with Crippen molar-refractivity contribution in [3.63, 3.8) is 0 Å². The van der Waals surface area contributed by atoms with Gasteiger partial charge in [-0.2, -0.15) is 18.4 Å². The Morgan fingerprint density at radius 3 is 2.47 bits per heavy atom. The first-order valence-electron chi connectivity index (χ1n) is 10.9. The number of nitriles is 1. The number of carbonyl (C=O) groups excluding carboxylic acids is 2. The van der Waals surface area contributed by atoms with Crippen molar-refractivity contribution < 1.29 is 27.5 Å². The average molecular weight is 470 g/mol. The molecule has 2 aromatic rings. The fourth-order valence-electron chi connectivity index (χ4n) is 4.05. The smallest absolute Gasteiger partial charge is 0.416 e. The lowest BCUT2D eigenvalue weighted by Crippen LogP contribution is -2.38. The van der Waals surface area contributed by atoms with Crippen molar-refractivity contribution in [1.82, 2.24) is 4.90 Å². The van der Waals surface area contributed by atoms with Gasteiger partial charge in [0.05, 0.1) is 35.9 Å². The molecule has 1 amide bonds. The van der Waals surface area contributed by atoms with Crippen LogP contribution in [0, 0.1) is 17.2 Å². The molecular weight excluding hydrogens is 445 g/mol. The molecule has 34 heavy (non-hydrogen) atoms. The Labute approximate surface area is 196 Å². The first kappa shape index (κ1) is 25.0. The van der Waals surface area contributed by atoms with Crippen LogP contribution in [-0.4, -0.2) is 23.4 Å². The average Bonchev–Trinajstić information content (AvgIpc) is 2.79. The molecule has 3 rings (SSSR count). The summed E-state index contributed by atoms with van der Waals surface area (Å²) in [6.45, 7) is 5.33. The molecule has 1 heterocycles. The minimum Gasteiger partial charge on any atom is -0.462 e. The highest BCUT2D eigenvalue weighted by molar-refractivity contribution is 5.96. The van der Waals surface area contributed by atoms with Crippen LogP contribution in [0.3, 0.4) is 0 Å². The summed E-state index contributed by atoms with van der Waals surface area (Å²) in [5.74, 6) is -2.27. The van der Waals surface area contributed by atoms with E-state index in [0.29, 0.717) is 11.1 Å². The molecule has 0 aromatic heterocycles. The standard InChI is InChI=1S/C26H25F3N2O3/c1-16(2)15-34-25(33)24-17(3)31(14-19-9-5-4-8-18(19)13-30)23(32)12-21(24)20-10-6-7-11-22(20)26(27,28)29/h4-11,16,21H,12,14-15H2,1-3H3. The molecule has 0 bridgehead atoms. The second kappa shape index (κ2) is 10.1. The predicted octanol–water partition coefficient (Wildman–Crippen LogP) is 5.57. The van der Waals surface area contributed by atoms with Gasteiger partial charge in [0, 0.05) is 18.0 Å². The molecule has 8 heteroatoms. The molecule has 2 aromatic carbocycles. The van der Waals surface area contributed by atoms with E-state index in [4.69, 9.17) is 4.74 Å². The second-order valence-corrected chi connectivity index (χ2v) is 8.58. The maximum absolute atomic E-state index is 13.8. The molecule has 0 spiro atoms. The largest absolute Gasteiger partial charge is 0.462 e. The summed E-state index contributed by atoms with van der Waals surface area (Å²) in [5.41, 5.74) is 0.152. The van der Waals surface area contributed by atoms with Gasteiger partial charge in [-0.15, -0.1) is 0 Å². The summed E-state index contributed by atoms with van der Waals surface area (Å²) in [6, 6.07) is 13.8. The van der Waals surface area contributed by atoms with Crippen molar-refractivity contribution in [3.05, 3.63) is 82.1 Å². The van der Waals surface area contributed by atoms with Gasteiger partial charge in [-0.1, -0.05) is 50.2 Å². The summed E-state index contributed by atoms with van der Waals surface area (Å²) in [4.78, 5) is 27.6. The van der Waals surface area contributed by atoms with Crippen molar-refractivity contribution in [2.75, 3.05) is 6.61 Å². The minimum absolute atomic E-state index is 0.0169. The van der Waals surface area contributed by atoms with E-state index in [1.54, 1.807) is 24.3 Å². The van der Waals surface area contributed by atoms with Gasteiger partial charge in [0.15, 0.2) is 0 Å². The van der Waals surface area contributed by atoms with E-state index in [2.05, 4.69) is 6.07 Å². The normalized spacial score (nSPS) is 16.6. The number of alkyl halides is 3. The van der Waals surface area contributed by atoms with Crippen LogP contribution in [0.5, 0.6) is 0 Å². The van der Waals surface area contributed by atoms with Crippen LogP contribution in [0.4, 0.5) is 13.2 Å². The van der Waals surface area contributed by atoms with Gasteiger partial charge in [-0.25, -0.2) is 4.79 Å². The van der Waals surface area contributed by atoms with Crippen LogP contribution < -0.4 is 0 Å². The van der Waals surface area contributed by atoms with Crippen LogP contribution in [0.2, 0.25) is 0 Å².